The second-order valence-electron chi connectivity index (χ2n) is 4.31. The lowest BCUT2D eigenvalue weighted by Gasteiger charge is -2.34. The first-order valence-corrected chi connectivity index (χ1v) is 5.97. The summed E-state index contributed by atoms with van der Waals surface area (Å²) < 4.78 is 0. The molecule has 17 heavy (non-hydrogen) atoms. The van der Waals surface area contributed by atoms with Crippen LogP contribution >= 0.6 is 0 Å². The maximum absolute atomic E-state index is 11.6. The van der Waals surface area contributed by atoms with Crippen molar-refractivity contribution in [2.24, 2.45) is 0 Å². The Kier molecular flexibility index (Phi) is 3.64. The third-order valence-electron chi connectivity index (χ3n) is 3.07. The van der Waals surface area contributed by atoms with Crippen molar-refractivity contribution in [2.75, 3.05) is 24.6 Å². The quantitative estimate of drug-likeness (QED) is 0.803. The van der Waals surface area contributed by atoms with Crippen molar-refractivity contribution in [3.05, 3.63) is 29.8 Å². The van der Waals surface area contributed by atoms with Gasteiger partial charge in [0.15, 0.2) is 0 Å². The van der Waals surface area contributed by atoms with E-state index in [1.807, 2.05) is 23.1 Å². The molecule has 1 aromatic carbocycles. The molecule has 2 N–H and O–H groups in total. The summed E-state index contributed by atoms with van der Waals surface area (Å²) in [4.78, 5) is 13.6. The van der Waals surface area contributed by atoms with E-state index in [-0.39, 0.29) is 18.6 Å². The van der Waals surface area contributed by atoms with Crippen molar-refractivity contribution < 1.29 is 9.90 Å². The number of hydrogen-bond acceptors (Lipinski definition) is 3. The molecule has 0 radical (unpaired) electrons. The van der Waals surface area contributed by atoms with Gasteiger partial charge >= 0.3 is 0 Å². The lowest BCUT2D eigenvalue weighted by Crippen LogP contribution is -2.55. The molecule has 92 valence electrons. The Balaban J connectivity index is 2.23. The molecule has 1 aliphatic heterocycles. The summed E-state index contributed by atoms with van der Waals surface area (Å²) in [6, 6.07) is 7.94. The molecule has 1 amide bonds. The average Bonchev–Trinajstić information content (AvgIpc) is 2.37. The molecule has 0 aromatic heterocycles. The summed E-state index contributed by atoms with van der Waals surface area (Å²) in [6.07, 6.45) is 0.943. The molecule has 1 saturated heterocycles. The van der Waals surface area contributed by atoms with Gasteiger partial charge < -0.3 is 15.3 Å². The number of piperazine rings is 1. The Morgan fingerprint density at radius 1 is 1.47 bits per heavy atom. The number of carbonyl (C=O) groups excluding carboxylic acids is 1. The molecule has 4 heteroatoms. The minimum absolute atomic E-state index is 0.0173. The molecule has 0 bridgehead atoms. The molecule has 1 aromatic rings. The molecule has 1 heterocycles. The lowest BCUT2D eigenvalue weighted by molar-refractivity contribution is -0.121. The monoisotopic (exact) mass is 234 g/mol. The third kappa shape index (κ3) is 2.58. The number of rotatable bonds is 3. The summed E-state index contributed by atoms with van der Waals surface area (Å²) in [5.41, 5.74) is 2.34. The zero-order valence-corrected chi connectivity index (χ0v) is 10.0. The molecule has 2 rings (SSSR count). The normalized spacial score (nSPS) is 20.2. The van der Waals surface area contributed by atoms with Crippen LogP contribution in [-0.4, -0.2) is 36.8 Å². The number of aliphatic hydroxyl groups excluding tert-OH is 1. The van der Waals surface area contributed by atoms with Crippen LogP contribution in [0.5, 0.6) is 0 Å². The van der Waals surface area contributed by atoms with Gasteiger partial charge in [-0.2, -0.15) is 0 Å². The highest BCUT2D eigenvalue weighted by Crippen LogP contribution is 2.22. The minimum Gasteiger partial charge on any atom is -0.394 e. The fourth-order valence-corrected chi connectivity index (χ4v) is 2.23. The van der Waals surface area contributed by atoms with Crippen LogP contribution in [0.1, 0.15) is 12.5 Å². The number of nitrogens with zero attached hydrogens (tertiary/aromatic N) is 1. The van der Waals surface area contributed by atoms with Gasteiger partial charge in [0.25, 0.3) is 0 Å². The second kappa shape index (κ2) is 5.19. The lowest BCUT2D eigenvalue weighted by atomic mass is 10.1. The fourth-order valence-electron chi connectivity index (χ4n) is 2.23. The van der Waals surface area contributed by atoms with Gasteiger partial charge in [0, 0.05) is 12.2 Å². The van der Waals surface area contributed by atoms with Crippen LogP contribution in [0.4, 0.5) is 5.69 Å². The van der Waals surface area contributed by atoms with Crippen molar-refractivity contribution in [1.82, 2.24) is 5.32 Å². The minimum atomic E-state index is -0.166. The zero-order valence-electron chi connectivity index (χ0n) is 10.0. The molecule has 1 unspecified atom stereocenters. The van der Waals surface area contributed by atoms with Crippen molar-refractivity contribution in [2.45, 2.75) is 19.4 Å². The molecule has 0 spiro atoms. The van der Waals surface area contributed by atoms with Crippen LogP contribution in [0, 0.1) is 0 Å². The van der Waals surface area contributed by atoms with E-state index in [1.165, 1.54) is 5.56 Å². The Morgan fingerprint density at radius 2 is 2.24 bits per heavy atom. The van der Waals surface area contributed by atoms with Crippen LogP contribution < -0.4 is 10.2 Å². The first kappa shape index (κ1) is 11.9. The van der Waals surface area contributed by atoms with E-state index >= 15 is 0 Å². The molecule has 1 aliphatic rings. The smallest absolute Gasteiger partial charge is 0.239 e. The number of carbonyl (C=O) groups is 1. The predicted octanol–water partition coefficient (Wildman–Crippen LogP) is 0.546. The highest BCUT2D eigenvalue weighted by Gasteiger charge is 2.24. The number of amides is 1. The Bertz CT molecular complexity index is 406. The number of aryl methyl sites for hydroxylation is 1. The molecule has 0 saturated carbocycles. The first-order valence-electron chi connectivity index (χ1n) is 5.97. The summed E-state index contributed by atoms with van der Waals surface area (Å²) in [5, 5.41) is 11.9. The van der Waals surface area contributed by atoms with E-state index in [0.29, 0.717) is 13.1 Å². The zero-order chi connectivity index (χ0) is 12.3. The van der Waals surface area contributed by atoms with Gasteiger partial charge in [-0.15, -0.1) is 0 Å². The molecule has 1 atom stereocenters. The molecule has 4 nitrogen and oxygen atoms in total. The van der Waals surface area contributed by atoms with E-state index in [1.54, 1.807) is 0 Å². The van der Waals surface area contributed by atoms with Crippen LogP contribution in [0.15, 0.2) is 24.3 Å². The number of anilines is 1. The van der Waals surface area contributed by atoms with Crippen LogP contribution in [0.25, 0.3) is 0 Å². The van der Waals surface area contributed by atoms with E-state index in [9.17, 15) is 4.79 Å². The van der Waals surface area contributed by atoms with E-state index in [4.69, 9.17) is 5.11 Å². The number of hydrogen-bond donors (Lipinski definition) is 2. The first-order chi connectivity index (χ1) is 8.24. The van der Waals surface area contributed by atoms with Crippen molar-refractivity contribution in [1.29, 1.82) is 0 Å². The Hall–Kier alpha value is -1.55. The summed E-state index contributed by atoms with van der Waals surface area (Å²) in [5.74, 6) is -0.0267. The highest BCUT2D eigenvalue weighted by atomic mass is 16.3. The van der Waals surface area contributed by atoms with Crippen LogP contribution in [-0.2, 0) is 11.2 Å². The maximum atomic E-state index is 11.6. The second-order valence-corrected chi connectivity index (χ2v) is 4.31. The predicted molar refractivity (Wildman–Crippen MR) is 67.0 cm³/mol. The van der Waals surface area contributed by atoms with Gasteiger partial charge in [-0.05, 0) is 18.1 Å². The molecule has 0 aliphatic carbocycles. The maximum Gasteiger partial charge on any atom is 0.239 e. The van der Waals surface area contributed by atoms with Crippen molar-refractivity contribution in [3.63, 3.8) is 0 Å². The third-order valence-corrected chi connectivity index (χ3v) is 3.07. The SMILES string of the molecule is CCc1ccccc1N1CC(=O)NC(CO)C1. The number of nitrogens with one attached hydrogen (secondary N) is 1. The Labute approximate surface area is 101 Å². The topological polar surface area (TPSA) is 52.6 Å². The summed E-state index contributed by atoms with van der Waals surface area (Å²) >= 11 is 0. The molecular formula is C13H18N2O2. The van der Waals surface area contributed by atoms with Crippen LogP contribution in [0.3, 0.4) is 0 Å². The number of aliphatic hydroxyl groups is 1. The van der Waals surface area contributed by atoms with E-state index in [0.717, 1.165) is 12.1 Å². The Morgan fingerprint density at radius 3 is 2.94 bits per heavy atom. The molecule has 1 fully saturated rings. The van der Waals surface area contributed by atoms with Gasteiger partial charge in [-0.3, -0.25) is 4.79 Å². The van der Waals surface area contributed by atoms with Gasteiger partial charge in [0.05, 0.1) is 19.2 Å². The van der Waals surface area contributed by atoms with E-state index < -0.39 is 0 Å². The van der Waals surface area contributed by atoms with Gasteiger partial charge in [-0.25, -0.2) is 0 Å². The highest BCUT2D eigenvalue weighted by molar-refractivity contribution is 5.83. The standard InChI is InChI=1S/C13H18N2O2/c1-2-10-5-3-4-6-12(10)15-7-11(9-16)14-13(17)8-15/h3-6,11,16H,2,7-9H2,1H3,(H,14,17). The van der Waals surface area contributed by atoms with Crippen LogP contribution in [0.2, 0.25) is 0 Å². The summed E-state index contributed by atoms with van der Waals surface area (Å²) in [6.45, 7) is 3.12. The van der Waals surface area contributed by atoms with Crippen molar-refractivity contribution in [3.8, 4) is 0 Å². The average molecular weight is 234 g/mol. The van der Waals surface area contributed by atoms with Gasteiger partial charge in [-0.1, -0.05) is 25.1 Å². The van der Waals surface area contributed by atoms with Gasteiger partial charge in [0.2, 0.25) is 5.91 Å². The largest absolute Gasteiger partial charge is 0.394 e. The number of para-hydroxylation sites is 1. The van der Waals surface area contributed by atoms with Gasteiger partial charge in [0.1, 0.15) is 0 Å². The number of benzene rings is 1. The van der Waals surface area contributed by atoms with Crippen molar-refractivity contribution >= 4 is 11.6 Å². The molecular weight excluding hydrogens is 216 g/mol. The summed E-state index contributed by atoms with van der Waals surface area (Å²) in [7, 11) is 0. The van der Waals surface area contributed by atoms with E-state index in [2.05, 4.69) is 18.3 Å². The fraction of sp³-hybridized carbons (Fsp3) is 0.462.